The molecule has 1 heterocycles. The molecule has 0 saturated carbocycles. The molecule has 1 saturated heterocycles. The second-order valence-corrected chi connectivity index (χ2v) is 6.95. The maximum Gasteiger partial charge on any atom is 0.140 e. The highest BCUT2D eigenvalue weighted by Gasteiger charge is 2.40. The molecule has 0 spiro atoms. The summed E-state index contributed by atoms with van der Waals surface area (Å²) in [4.78, 5) is 15.0. The highest BCUT2D eigenvalue weighted by Crippen LogP contribution is 2.37. The van der Waals surface area contributed by atoms with Gasteiger partial charge in [-0.15, -0.1) is 0 Å². The van der Waals surface area contributed by atoms with E-state index in [0.29, 0.717) is 5.78 Å². The fourth-order valence-corrected chi connectivity index (χ4v) is 3.87. The van der Waals surface area contributed by atoms with E-state index in [4.69, 9.17) is 0 Å². The van der Waals surface area contributed by atoms with Gasteiger partial charge in [0.15, 0.2) is 0 Å². The van der Waals surface area contributed by atoms with Gasteiger partial charge in [-0.3, -0.25) is 9.69 Å². The first kappa shape index (κ1) is 16.9. The zero-order valence-corrected chi connectivity index (χ0v) is 14.8. The van der Waals surface area contributed by atoms with Crippen molar-refractivity contribution in [2.75, 3.05) is 13.1 Å². The van der Waals surface area contributed by atoms with E-state index in [-0.39, 0.29) is 5.41 Å². The SMILES string of the molecule is CCc1cccc(C2(C(C)=O)CCN(Cc3ccccc3)CC2)c1. The number of carbonyl (C=O) groups is 1. The number of hydrogen-bond acceptors (Lipinski definition) is 2. The molecule has 0 N–H and O–H groups in total. The van der Waals surface area contributed by atoms with Crippen LogP contribution in [0.4, 0.5) is 0 Å². The van der Waals surface area contributed by atoms with Crippen LogP contribution in [-0.2, 0) is 23.2 Å². The fraction of sp³-hybridized carbons (Fsp3) is 0.409. The molecule has 0 unspecified atom stereocenters. The van der Waals surface area contributed by atoms with E-state index in [0.717, 1.165) is 38.9 Å². The van der Waals surface area contributed by atoms with Gasteiger partial charge in [-0.1, -0.05) is 61.5 Å². The third kappa shape index (κ3) is 3.44. The summed E-state index contributed by atoms with van der Waals surface area (Å²) in [7, 11) is 0. The Morgan fingerprint density at radius 2 is 1.67 bits per heavy atom. The van der Waals surface area contributed by atoms with Gasteiger partial charge in [-0.2, -0.15) is 0 Å². The maximum absolute atomic E-state index is 12.6. The Hall–Kier alpha value is -1.93. The van der Waals surface area contributed by atoms with Gasteiger partial charge in [0.05, 0.1) is 5.41 Å². The summed E-state index contributed by atoms with van der Waals surface area (Å²) in [5, 5.41) is 0. The molecule has 0 amide bonds. The van der Waals surface area contributed by atoms with Gasteiger partial charge in [0.2, 0.25) is 0 Å². The van der Waals surface area contributed by atoms with E-state index in [9.17, 15) is 4.79 Å². The maximum atomic E-state index is 12.6. The summed E-state index contributed by atoms with van der Waals surface area (Å²) in [6.45, 7) is 6.87. The predicted molar refractivity (Wildman–Crippen MR) is 99.1 cm³/mol. The number of carbonyl (C=O) groups excluding carboxylic acids is 1. The van der Waals surface area contributed by atoms with Crippen molar-refractivity contribution in [2.24, 2.45) is 0 Å². The molecule has 0 aliphatic carbocycles. The van der Waals surface area contributed by atoms with E-state index >= 15 is 0 Å². The Labute approximate surface area is 145 Å². The van der Waals surface area contributed by atoms with Crippen molar-refractivity contribution in [1.82, 2.24) is 4.90 Å². The van der Waals surface area contributed by atoms with Crippen LogP contribution in [0.1, 0.15) is 43.4 Å². The Morgan fingerprint density at radius 3 is 2.29 bits per heavy atom. The molecule has 1 aliphatic heterocycles. The van der Waals surface area contributed by atoms with Crippen molar-refractivity contribution in [3.8, 4) is 0 Å². The number of nitrogens with zero attached hydrogens (tertiary/aromatic N) is 1. The van der Waals surface area contributed by atoms with Gasteiger partial charge >= 0.3 is 0 Å². The number of aryl methyl sites for hydroxylation is 1. The minimum atomic E-state index is -0.293. The van der Waals surface area contributed by atoms with Crippen molar-refractivity contribution < 1.29 is 4.79 Å². The number of likely N-dealkylation sites (tertiary alicyclic amines) is 1. The fourth-order valence-electron chi connectivity index (χ4n) is 3.87. The number of Topliss-reactive ketones (excluding diaryl/α,β-unsaturated/α-hetero) is 1. The van der Waals surface area contributed by atoms with Crippen molar-refractivity contribution in [1.29, 1.82) is 0 Å². The Kier molecular flexibility index (Phi) is 5.15. The summed E-state index contributed by atoms with van der Waals surface area (Å²) in [6.07, 6.45) is 2.85. The lowest BCUT2D eigenvalue weighted by Gasteiger charge is -2.41. The molecule has 126 valence electrons. The molecule has 2 aromatic rings. The minimum absolute atomic E-state index is 0.293. The highest BCUT2D eigenvalue weighted by atomic mass is 16.1. The standard InChI is InChI=1S/C22H27NO/c1-3-19-10-7-11-21(16-19)22(18(2)24)12-14-23(15-13-22)17-20-8-5-4-6-9-20/h4-11,16H,3,12-15,17H2,1-2H3. The lowest BCUT2D eigenvalue weighted by atomic mass is 9.69. The molecule has 24 heavy (non-hydrogen) atoms. The average Bonchev–Trinajstić information content (AvgIpc) is 2.63. The second kappa shape index (κ2) is 7.31. The van der Waals surface area contributed by atoms with E-state index < -0.39 is 0 Å². The number of benzene rings is 2. The number of piperidine rings is 1. The summed E-state index contributed by atoms with van der Waals surface area (Å²) in [5.74, 6) is 0.315. The Balaban J connectivity index is 1.76. The van der Waals surface area contributed by atoms with E-state index in [1.54, 1.807) is 6.92 Å². The lowest BCUT2D eigenvalue weighted by molar-refractivity contribution is -0.124. The van der Waals surface area contributed by atoms with Crippen LogP contribution < -0.4 is 0 Å². The molecule has 2 aromatic carbocycles. The van der Waals surface area contributed by atoms with E-state index in [1.807, 2.05) is 0 Å². The van der Waals surface area contributed by atoms with Crippen LogP contribution in [0, 0.1) is 0 Å². The van der Waals surface area contributed by atoms with Crippen LogP contribution in [0.15, 0.2) is 54.6 Å². The minimum Gasteiger partial charge on any atom is -0.299 e. The van der Waals surface area contributed by atoms with Crippen molar-refractivity contribution >= 4 is 5.78 Å². The first-order chi connectivity index (χ1) is 11.6. The smallest absolute Gasteiger partial charge is 0.140 e. The van der Waals surface area contributed by atoms with Gasteiger partial charge in [0.1, 0.15) is 5.78 Å². The molecule has 1 aliphatic rings. The largest absolute Gasteiger partial charge is 0.299 e. The molecular weight excluding hydrogens is 294 g/mol. The molecule has 0 atom stereocenters. The van der Waals surface area contributed by atoms with Gasteiger partial charge in [-0.05, 0) is 56.0 Å². The van der Waals surface area contributed by atoms with Crippen LogP contribution >= 0.6 is 0 Å². The van der Waals surface area contributed by atoms with Gasteiger partial charge in [0, 0.05) is 6.54 Å². The van der Waals surface area contributed by atoms with Crippen molar-refractivity contribution in [3.05, 3.63) is 71.3 Å². The zero-order valence-electron chi connectivity index (χ0n) is 14.8. The molecule has 3 rings (SSSR count). The summed E-state index contributed by atoms with van der Waals surface area (Å²) < 4.78 is 0. The van der Waals surface area contributed by atoms with Gasteiger partial charge < -0.3 is 0 Å². The van der Waals surface area contributed by atoms with Gasteiger partial charge in [0.25, 0.3) is 0 Å². The first-order valence-electron chi connectivity index (χ1n) is 9.01. The topological polar surface area (TPSA) is 20.3 Å². The summed E-state index contributed by atoms with van der Waals surface area (Å²) in [5.41, 5.74) is 3.59. The second-order valence-electron chi connectivity index (χ2n) is 6.95. The van der Waals surface area contributed by atoms with Crippen LogP contribution in [-0.4, -0.2) is 23.8 Å². The molecule has 2 heteroatoms. The molecule has 0 bridgehead atoms. The molecule has 1 fully saturated rings. The Morgan fingerprint density at radius 1 is 1.00 bits per heavy atom. The molecule has 0 radical (unpaired) electrons. The van der Waals surface area contributed by atoms with Crippen LogP contribution in [0.3, 0.4) is 0 Å². The third-order valence-corrected chi connectivity index (χ3v) is 5.52. The Bertz CT molecular complexity index is 684. The van der Waals surface area contributed by atoms with Crippen LogP contribution in [0.25, 0.3) is 0 Å². The van der Waals surface area contributed by atoms with E-state index in [2.05, 4.69) is 66.4 Å². The zero-order chi connectivity index (χ0) is 17.0. The summed E-state index contributed by atoms with van der Waals surface area (Å²) in [6, 6.07) is 19.2. The number of hydrogen-bond donors (Lipinski definition) is 0. The number of ketones is 1. The van der Waals surface area contributed by atoms with Crippen molar-refractivity contribution in [3.63, 3.8) is 0 Å². The van der Waals surface area contributed by atoms with Crippen LogP contribution in [0.2, 0.25) is 0 Å². The quantitative estimate of drug-likeness (QED) is 0.815. The van der Waals surface area contributed by atoms with Crippen LogP contribution in [0.5, 0.6) is 0 Å². The molecule has 2 nitrogen and oxygen atoms in total. The van der Waals surface area contributed by atoms with Crippen molar-refractivity contribution in [2.45, 2.75) is 45.1 Å². The lowest BCUT2D eigenvalue weighted by Crippen LogP contribution is -2.46. The normalized spacial score (nSPS) is 17.6. The predicted octanol–water partition coefficient (Wildman–Crippen LogP) is 4.37. The van der Waals surface area contributed by atoms with E-state index in [1.165, 1.54) is 16.7 Å². The summed E-state index contributed by atoms with van der Waals surface area (Å²) >= 11 is 0. The number of rotatable bonds is 5. The first-order valence-corrected chi connectivity index (χ1v) is 9.01. The molecular formula is C22H27NO. The molecule has 0 aromatic heterocycles. The third-order valence-electron chi connectivity index (χ3n) is 5.52. The average molecular weight is 321 g/mol. The monoisotopic (exact) mass is 321 g/mol. The van der Waals surface area contributed by atoms with Gasteiger partial charge in [-0.25, -0.2) is 0 Å². The highest BCUT2D eigenvalue weighted by molar-refractivity contribution is 5.88.